The van der Waals surface area contributed by atoms with Crippen LogP contribution in [0.2, 0.25) is 0 Å². The fraction of sp³-hybridized carbons (Fsp3) is 0.455. The van der Waals surface area contributed by atoms with Gasteiger partial charge in [0.15, 0.2) is 0 Å². The summed E-state index contributed by atoms with van der Waals surface area (Å²) in [7, 11) is 0. The second-order valence-corrected chi connectivity index (χ2v) is 4.39. The summed E-state index contributed by atoms with van der Waals surface area (Å²) in [5, 5.41) is 0. The van der Waals surface area contributed by atoms with E-state index in [1.165, 1.54) is 0 Å². The summed E-state index contributed by atoms with van der Waals surface area (Å²) in [6, 6.07) is 3.69. The van der Waals surface area contributed by atoms with Crippen LogP contribution in [0.25, 0.3) is 0 Å². The molecule has 1 saturated heterocycles. The molecule has 0 spiro atoms. The molecule has 1 unspecified atom stereocenters. The fourth-order valence-corrected chi connectivity index (χ4v) is 2.12. The van der Waals surface area contributed by atoms with Gasteiger partial charge in [0.1, 0.15) is 5.82 Å². The number of alkyl halides is 1. The molecule has 2 rings (SSSR count). The molecule has 1 amide bonds. The first-order valence-corrected chi connectivity index (χ1v) is 5.74. The highest BCUT2D eigenvalue weighted by Crippen LogP contribution is 2.29. The lowest BCUT2D eigenvalue weighted by molar-refractivity contribution is -0.117. The number of halogens is 1. The van der Waals surface area contributed by atoms with Crippen molar-refractivity contribution in [3.63, 3.8) is 0 Å². The molecule has 1 aromatic heterocycles. The Morgan fingerprint density at radius 3 is 2.94 bits per heavy atom. The molecule has 1 atom stereocenters. The zero-order chi connectivity index (χ0) is 11.7. The molecular weight excluding hydrogens is 226 g/mol. The van der Waals surface area contributed by atoms with E-state index in [1.807, 2.05) is 19.1 Å². The van der Waals surface area contributed by atoms with Crippen LogP contribution in [0, 0.1) is 12.8 Å². The van der Waals surface area contributed by atoms with E-state index in [4.69, 9.17) is 17.3 Å². The largest absolute Gasteiger partial charge is 0.382 e. The summed E-state index contributed by atoms with van der Waals surface area (Å²) >= 11 is 5.77. The molecule has 16 heavy (non-hydrogen) atoms. The van der Waals surface area contributed by atoms with Crippen molar-refractivity contribution in [1.82, 2.24) is 4.98 Å². The predicted octanol–water partition coefficient (Wildman–Crippen LogP) is 1.56. The minimum atomic E-state index is 0.0722. The Labute approximate surface area is 99.4 Å². The number of nitrogens with two attached hydrogens (primary N) is 1. The molecule has 5 heteroatoms. The van der Waals surface area contributed by atoms with E-state index in [2.05, 4.69) is 4.98 Å². The normalized spacial score (nSPS) is 20.5. The Bertz CT molecular complexity index is 422. The highest BCUT2D eigenvalue weighted by Gasteiger charge is 2.31. The van der Waals surface area contributed by atoms with Crippen LogP contribution in [-0.4, -0.2) is 23.3 Å². The van der Waals surface area contributed by atoms with Gasteiger partial charge < -0.3 is 10.6 Å². The summed E-state index contributed by atoms with van der Waals surface area (Å²) in [4.78, 5) is 17.6. The summed E-state index contributed by atoms with van der Waals surface area (Å²) in [6.07, 6.45) is 0.497. The average Bonchev–Trinajstić information content (AvgIpc) is 2.60. The van der Waals surface area contributed by atoms with Crippen molar-refractivity contribution >= 4 is 29.0 Å². The van der Waals surface area contributed by atoms with Crippen molar-refractivity contribution in [1.29, 1.82) is 0 Å². The van der Waals surface area contributed by atoms with Gasteiger partial charge in [-0.05, 0) is 25.0 Å². The van der Waals surface area contributed by atoms with Gasteiger partial charge in [-0.1, -0.05) is 0 Å². The molecule has 0 saturated carbocycles. The molecule has 0 aliphatic carbocycles. The van der Waals surface area contributed by atoms with Crippen molar-refractivity contribution in [3.05, 3.63) is 17.8 Å². The highest BCUT2D eigenvalue weighted by molar-refractivity contribution is 6.18. The molecule has 1 fully saturated rings. The number of anilines is 2. The third-order valence-electron chi connectivity index (χ3n) is 2.76. The first-order valence-electron chi connectivity index (χ1n) is 5.21. The summed E-state index contributed by atoms with van der Waals surface area (Å²) < 4.78 is 0. The Kier molecular flexibility index (Phi) is 3.01. The van der Waals surface area contributed by atoms with E-state index in [0.29, 0.717) is 30.4 Å². The Balaban J connectivity index is 2.28. The number of aromatic nitrogens is 1. The van der Waals surface area contributed by atoms with Crippen LogP contribution in [0.5, 0.6) is 0 Å². The van der Waals surface area contributed by atoms with Gasteiger partial charge in [-0.2, -0.15) is 0 Å². The minimum absolute atomic E-state index is 0.0722. The quantitative estimate of drug-likeness (QED) is 0.797. The summed E-state index contributed by atoms with van der Waals surface area (Å²) in [5.41, 5.74) is 7.36. The maximum atomic E-state index is 11.8. The molecule has 0 bridgehead atoms. The van der Waals surface area contributed by atoms with Gasteiger partial charge >= 0.3 is 0 Å². The van der Waals surface area contributed by atoms with Crippen LogP contribution < -0.4 is 10.6 Å². The maximum absolute atomic E-state index is 11.8. The van der Waals surface area contributed by atoms with Crippen LogP contribution in [0.4, 0.5) is 11.5 Å². The topological polar surface area (TPSA) is 59.2 Å². The van der Waals surface area contributed by atoms with Crippen LogP contribution in [0.3, 0.4) is 0 Å². The third kappa shape index (κ3) is 1.97. The molecule has 4 nitrogen and oxygen atoms in total. The lowest BCUT2D eigenvalue weighted by Crippen LogP contribution is -2.26. The predicted molar refractivity (Wildman–Crippen MR) is 64.6 cm³/mol. The van der Waals surface area contributed by atoms with Crippen molar-refractivity contribution in [3.8, 4) is 0 Å². The smallest absolute Gasteiger partial charge is 0.227 e. The minimum Gasteiger partial charge on any atom is -0.382 e. The molecule has 0 aromatic carbocycles. The number of hydrogen-bond donors (Lipinski definition) is 1. The zero-order valence-corrected chi connectivity index (χ0v) is 9.87. The van der Waals surface area contributed by atoms with E-state index >= 15 is 0 Å². The van der Waals surface area contributed by atoms with Crippen molar-refractivity contribution in [2.45, 2.75) is 13.3 Å². The number of carbonyl (C=O) groups excluding carboxylic acids is 1. The molecule has 86 valence electrons. The van der Waals surface area contributed by atoms with Gasteiger partial charge in [-0.25, -0.2) is 4.98 Å². The lowest BCUT2D eigenvalue weighted by Gasteiger charge is -2.18. The molecule has 1 aliphatic rings. The first-order chi connectivity index (χ1) is 7.61. The zero-order valence-electron chi connectivity index (χ0n) is 9.11. The number of nitrogens with zero attached hydrogens (tertiary/aromatic N) is 2. The average molecular weight is 240 g/mol. The molecule has 1 aromatic rings. The van der Waals surface area contributed by atoms with Crippen LogP contribution in [0.15, 0.2) is 12.1 Å². The molecule has 0 radical (unpaired) electrons. The first kappa shape index (κ1) is 11.2. The van der Waals surface area contributed by atoms with E-state index in [9.17, 15) is 4.79 Å². The third-order valence-corrected chi connectivity index (χ3v) is 3.19. The standard InChI is InChI=1S/C11H14ClN3O/c1-7-2-3-9(11(13)14-7)15-6-8(5-12)4-10(15)16/h2-3,8H,4-6H2,1H3,(H2,13,14). The van der Waals surface area contributed by atoms with Crippen molar-refractivity contribution in [2.75, 3.05) is 23.1 Å². The van der Waals surface area contributed by atoms with Crippen LogP contribution in [-0.2, 0) is 4.79 Å². The van der Waals surface area contributed by atoms with E-state index in [1.54, 1.807) is 4.90 Å². The molecule has 2 N–H and O–H groups in total. The fourth-order valence-electron chi connectivity index (χ4n) is 1.92. The second-order valence-electron chi connectivity index (χ2n) is 4.09. The van der Waals surface area contributed by atoms with Gasteiger partial charge in [-0.15, -0.1) is 11.6 Å². The van der Waals surface area contributed by atoms with Gasteiger partial charge in [-0.3, -0.25) is 4.79 Å². The van der Waals surface area contributed by atoms with E-state index in [-0.39, 0.29) is 11.8 Å². The van der Waals surface area contributed by atoms with Gasteiger partial charge in [0.05, 0.1) is 5.69 Å². The van der Waals surface area contributed by atoms with Crippen LogP contribution in [0.1, 0.15) is 12.1 Å². The van der Waals surface area contributed by atoms with E-state index < -0.39 is 0 Å². The van der Waals surface area contributed by atoms with Crippen molar-refractivity contribution < 1.29 is 4.79 Å². The second kappa shape index (κ2) is 4.29. The van der Waals surface area contributed by atoms with Gasteiger partial charge in [0, 0.05) is 24.5 Å². The molecule has 1 aliphatic heterocycles. The molecule has 2 heterocycles. The van der Waals surface area contributed by atoms with E-state index in [0.717, 1.165) is 5.69 Å². The number of hydrogen-bond acceptors (Lipinski definition) is 3. The number of amides is 1. The number of nitrogen functional groups attached to an aromatic ring is 1. The Morgan fingerprint density at radius 2 is 2.38 bits per heavy atom. The molecular formula is C11H14ClN3O. The number of rotatable bonds is 2. The SMILES string of the molecule is Cc1ccc(N2CC(CCl)CC2=O)c(N)n1. The summed E-state index contributed by atoms with van der Waals surface area (Å²) in [6.45, 7) is 2.50. The van der Waals surface area contributed by atoms with Gasteiger partial charge in [0.2, 0.25) is 5.91 Å². The van der Waals surface area contributed by atoms with Gasteiger partial charge in [0.25, 0.3) is 0 Å². The number of carbonyl (C=O) groups is 1. The Morgan fingerprint density at radius 1 is 1.62 bits per heavy atom. The van der Waals surface area contributed by atoms with Crippen LogP contribution >= 0.6 is 11.6 Å². The number of pyridine rings is 1. The lowest BCUT2D eigenvalue weighted by atomic mass is 10.1. The maximum Gasteiger partial charge on any atom is 0.227 e. The highest BCUT2D eigenvalue weighted by atomic mass is 35.5. The number of aryl methyl sites for hydroxylation is 1. The Hall–Kier alpha value is -1.29. The monoisotopic (exact) mass is 239 g/mol. The summed E-state index contributed by atoms with van der Waals surface area (Å²) in [5.74, 6) is 1.20. The van der Waals surface area contributed by atoms with Crippen molar-refractivity contribution in [2.24, 2.45) is 5.92 Å².